The maximum absolute atomic E-state index is 14.6. The summed E-state index contributed by atoms with van der Waals surface area (Å²) >= 11 is 0. The fourth-order valence-electron chi connectivity index (χ4n) is 4.10. The summed E-state index contributed by atoms with van der Waals surface area (Å²) in [5.41, 5.74) is 4.44. The minimum atomic E-state index is -1.31. The number of fused-ring (bicyclic) bond motifs is 1. The highest BCUT2D eigenvalue weighted by molar-refractivity contribution is 5.99. The number of hydrogen-bond acceptors (Lipinski definition) is 5. The first-order valence-corrected chi connectivity index (χ1v) is 10.9. The SMILES string of the molecule is CONC(=O)c1c(N[C@H](C)c2cc(C)cc3c(=O)c(C)c(-c4ccccc4)oc23)ccc(F)c1F. The Morgan fingerprint density at radius 2 is 1.77 bits per heavy atom. The van der Waals surface area contributed by atoms with E-state index in [9.17, 15) is 18.4 Å². The van der Waals surface area contributed by atoms with Gasteiger partial charge in [-0.3, -0.25) is 14.4 Å². The molecule has 1 amide bonds. The van der Waals surface area contributed by atoms with Gasteiger partial charge in [0.2, 0.25) is 0 Å². The van der Waals surface area contributed by atoms with Gasteiger partial charge in [-0.15, -0.1) is 0 Å². The van der Waals surface area contributed by atoms with Gasteiger partial charge in [0.05, 0.1) is 24.2 Å². The number of carbonyl (C=O) groups is 1. The molecule has 0 saturated carbocycles. The molecule has 2 N–H and O–H groups in total. The summed E-state index contributed by atoms with van der Waals surface area (Å²) in [7, 11) is 1.19. The number of amides is 1. The molecule has 0 unspecified atom stereocenters. The molecule has 0 bridgehead atoms. The largest absolute Gasteiger partial charge is 0.455 e. The van der Waals surface area contributed by atoms with Crippen LogP contribution in [0.25, 0.3) is 22.3 Å². The summed E-state index contributed by atoms with van der Waals surface area (Å²) in [4.78, 5) is 30.2. The zero-order valence-corrected chi connectivity index (χ0v) is 19.7. The van der Waals surface area contributed by atoms with Crippen molar-refractivity contribution >= 4 is 22.6 Å². The number of hydroxylamine groups is 1. The van der Waals surface area contributed by atoms with E-state index >= 15 is 0 Å². The molecule has 0 saturated heterocycles. The van der Waals surface area contributed by atoms with Gasteiger partial charge in [-0.2, -0.15) is 0 Å². The van der Waals surface area contributed by atoms with Crippen LogP contribution in [-0.2, 0) is 4.84 Å². The lowest BCUT2D eigenvalue weighted by molar-refractivity contribution is 0.0533. The third kappa shape index (κ3) is 4.52. The highest BCUT2D eigenvalue weighted by Crippen LogP contribution is 2.33. The predicted octanol–water partition coefficient (Wildman–Crippen LogP) is 5.82. The minimum Gasteiger partial charge on any atom is -0.455 e. The second-order valence-electron chi connectivity index (χ2n) is 8.27. The van der Waals surface area contributed by atoms with Gasteiger partial charge < -0.3 is 9.73 Å². The number of hydrogen-bond donors (Lipinski definition) is 2. The molecule has 8 heteroatoms. The van der Waals surface area contributed by atoms with Gasteiger partial charge in [0.15, 0.2) is 17.1 Å². The zero-order valence-electron chi connectivity index (χ0n) is 19.7. The van der Waals surface area contributed by atoms with Crippen molar-refractivity contribution in [3.63, 3.8) is 0 Å². The van der Waals surface area contributed by atoms with Crippen LogP contribution in [0.15, 0.2) is 63.8 Å². The third-order valence-corrected chi connectivity index (χ3v) is 5.78. The normalized spacial score (nSPS) is 11.9. The van der Waals surface area contributed by atoms with Crippen molar-refractivity contribution in [1.82, 2.24) is 5.48 Å². The molecule has 35 heavy (non-hydrogen) atoms. The van der Waals surface area contributed by atoms with Crippen LogP contribution in [0, 0.1) is 25.5 Å². The first kappa shape index (κ1) is 24.1. The number of anilines is 1. The Morgan fingerprint density at radius 1 is 1.06 bits per heavy atom. The Hall–Kier alpha value is -4.04. The van der Waals surface area contributed by atoms with Gasteiger partial charge in [0.1, 0.15) is 16.9 Å². The van der Waals surface area contributed by atoms with Gasteiger partial charge in [0.25, 0.3) is 5.91 Å². The van der Waals surface area contributed by atoms with Crippen LogP contribution in [-0.4, -0.2) is 13.0 Å². The van der Waals surface area contributed by atoms with E-state index in [2.05, 4.69) is 10.2 Å². The standard InChI is InChI=1S/C27H24F2N2O4/c1-14-12-18(16(3)30-21-11-10-20(28)23(29)22(21)27(33)31-34-4)26-19(13-14)24(32)15(2)25(35-26)17-8-6-5-7-9-17/h5-13,16,30H,1-4H3,(H,31,33)/t16-/m1/s1. The van der Waals surface area contributed by atoms with E-state index in [1.807, 2.05) is 48.8 Å². The highest BCUT2D eigenvalue weighted by Gasteiger charge is 2.24. The summed E-state index contributed by atoms with van der Waals surface area (Å²) in [6.45, 7) is 5.35. The van der Waals surface area contributed by atoms with Crippen molar-refractivity contribution in [2.24, 2.45) is 0 Å². The fraction of sp³-hybridized carbons (Fsp3) is 0.185. The molecule has 0 spiro atoms. The first-order chi connectivity index (χ1) is 16.7. The maximum atomic E-state index is 14.6. The molecule has 0 aliphatic rings. The highest BCUT2D eigenvalue weighted by atomic mass is 19.2. The van der Waals surface area contributed by atoms with Crippen LogP contribution in [0.1, 0.15) is 40.0 Å². The molecular weight excluding hydrogens is 454 g/mol. The molecular formula is C27H24F2N2O4. The van der Waals surface area contributed by atoms with Crippen LogP contribution in [0.5, 0.6) is 0 Å². The van der Waals surface area contributed by atoms with E-state index in [0.29, 0.717) is 27.9 Å². The van der Waals surface area contributed by atoms with Crippen molar-refractivity contribution in [3.05, 3.63) is 98.7 Å². The average molecular weight is 478 g/mol. The molecule has 4 aromatic rings. The smallest absolute Gasteiger partial charge is 0.280 e. The van der Waals surface area contributed by atoms with E-state index in [4.69, 9.17) is 4.42 Å². The topological polar surface area (TPSA) is 80.6 Å². The number of halogens is 2. The van der Waals surface area contributed by atoms with Gasteiger partial charge in [-0.05, 0) is 44.5 Å². The van der Waals surface area contributed by atoms with Crippen molar-refractivity contribution in [2.45, 2.75) is 26.8 Å². The average Bonchev–Trinajstić information content (AvgIpc) is 2.84. The molecule has 0 fully saturated rings. The molecule has 0 aliphatic carbocycles. The van der Waals surface area contributed by atoms with Crippen LogP contribution in [0.3, 0.4) is 0 Å². The van der Waals surface area contributed by atoms with Crippen LogP contribution >= 0.6 is 0 Å². The number of carbonyl (C=O) groups excluding carboxylic acids is 1. The molecule has 0 radical (unpaired) electrons. The molecule has 1 aromatic heterocycles. The molecule has 1 heterocycles. The molecule has 3 aromatic carbocycles. The third-order valence-electron chi connectivity index (χ3n) is 5.78. The van der Waals surface area contributed by atoms with Crippen molar-refractivity contribution < 1.29 is 22.8 Å². The van der Waals surface area contributed by atoms with E-state index in [0.717, 1.165) is 17.2 Å². The number of rotatable bonds is 6. The van der Waals surface area contributed by atoms with Gasteiger partial charge in [-0.1, -0.05) is 36.4 Å². The lowest BCUT2D eigenvalue weighted by Gasteiger charge is -2.20. The monoisotopic (exact) mass is 478 g/mol. The van der Waals surface area contributed by atoms with Gasteiger partial charge >= 0.3 is 0 Å². The summed E-state index contributed by atoms with van der Waals surface area (Å²) in [6.07, 6.45) is 0. The second-order valence-corrected chi connectivity index (χ2v) is 8.27. The summed E-state index contributed by atoms with van der Waals surface area (Å²) in [6, 6.07) is 14.6. The Morgan fingerprint density at radius 3 is 2.46 bits per heavy atom. The first-order valence-electron chi connectivity index (χ1n) is 10.9. The van der Waals surface area contributed by atoms with E-state index < -0.39 is 29.1 Å². The second kappa shape index (κ2) is 9.68. The Bertz CT molecular complexity index is 1480. The van der Waals surface area contributed by atoms with Crippen molar-refractivity contribution in [2.75, 3.05) is 12.4 Å². The molecule has 180 valence electrons. The molecule has 0 aliphatic heterocycles. The number of benzene rings is 3. The lowest BCUT2D eigenvalue weighted by Crippen LogP contribution is -2.25. The minimum absolute atomic E-state index is 0.0540. The maximum Gasteiger partial charge on any atom is 0.280 e. The summed E-state index contributed by atoms with van der Waals surface area (Å²) in [5.74, 6) is -2.96. The predicted molar refractivity (Wildman–Crippen MR) is 130 cm³/mol. The summed E-state index contributed by atoms with van der Waals surface area (Å²) in [5, 5.41) is 3.47. The summed E-state index contributed by atoms with van der Waals surface area (Å²) < 4.78 is 34.7. The Balaban J connectivity index is 1.87. The van der Waals surface area contributed by atoms with Crippen LogP contribution < -0.4 is 16.2 Å². The fourth-order valence-corrected chi connectivity index (χ4v) is 4.10. The van der Waals surface area contributed by atoms with Gasteiger partial charge in [0, 0.05) is 16.7 Å². The number of nitrogens with one attached hydrogen (secondary N) is 2. The molecule has 1 atom stereocenters. The quantitative estimate of drug-likeness (QED) is 0.342. The van der Waals surface area contributed by atoms with Crippen LogP contribution in [0.2, 0.25) is 0 Å². The van der Waals surface area contributed by atoms with E-state index in [1.165, 1.54) is 13.2 Å². The van der Waals surface area contributed by atoms with Crippen molar-refractivity contribution in [1.29, 1.82) is 0 Å². The van der Waals surface area contributed by atoms with Crippen LogP contribution in [0.4, 0.5) is 14.5 Å². The Kier molecular flexibility index (Phi) is 6.66. The van der Waals surface area contributed by atoms with E-state index in [-0.39, 0.29) is 11.1 Å². The molecule has 6 nitrogen and oxygen atoms in total. The van der Waals surface area contributed by atoms with Gasteiger partial charge in [-0.25, -0.2) is 14.3 Å². The molecule has 4 rings (SSSR count). The number of aryl methyl sites for hydroxylation is 1. The van der Waals surface area contributed by atoms with E-state index in [1.54, 1.807) is 19.9 Å². The lowest BCUT2D eigenvalue weighted by atomic mass is 9.98. The zero-order chi connectivity index (χ0) is 25.3. The van der Waals surface area contributed by atoms with Crippen molar-refractivity contribution in [3.8, 4) is 11.3 Å². The Labute approximate surface area is 200 Å².